The van der Waals surface area contributed by atoms with Gasteiger partial charge in [-0.1, -0.05) is 11.6 Å². The van der Waals surface area contributed by atoms with Crippen LogP contribution in [0.3, 0.4) is 0 Å². The van der Waals surface area contributed by atoms with E-state index >= 15 is 0 Å². The highest BCUT2D eigenvalue weighted by Gasteiger charge is 2.38. The van der Waals surface area contributed by atoms with Crippen LogP contribution in [0.25, 0.3) is 0 Å². The molecule has 28 heavy (non-hydrogen) atoms. The minimum absolute atomic E-state index is 0.0597. The Morgan fingerprint density at radius 3 is 2.71 bits per heavy atom. The number of nitrogens with zero attached hydrogens (tertiary/aromatic N) is 3. The van der Waals surface area contributed by atoms with Gasteiger partial charge in [0.25, 0.3) is 0 Å². The van der Waals surface area contributed by atoms with Gasteiger partial charge in [-0.2, -0.15) is 0 Å². The summed E-state index contributed by atoms with van der Waals surface area (Å²) < 4.78 is 13.9. The maximum atomic E-state index is 13.9. The molecule has 1 N–H and O–H groups in total. The van der Waals surface area contributed by atoms with Crippen LogP contribution in [0.1, 0.15) is 25.7 Å². The Balaban J connectivity index is 1.32. The van der Waals surface area contributed by atoms with Crippen LogP contribution in [0.4, 0.5) is 14.9 Å². The Kier molecular flexibility index (Phi) is 5.73. The van der Waals surface area contributed by atoms with Crippen molar-refractivity contribution < 1.29 is 14.0 Å². The minimum atomic E-state index is -0.551. The van der Waals surface area contributed by atoms with Gasteiger partial charge in [-0.15, -0.1) is 0 Å². The van der Waals surface area contributed by atoms with Crippen molar-refractivity contribution in [3.8, 4) is 0 Å². The van der Waals surface area contributed by atoms with Gasteiger partial charge >= 0.3 is 6.03 Å². The smallest absolute Gasteiger partial charge is 0.321 e. The van der Waals surface area contributed by atoms with Crippen molar-refractivity contribution in [1.29, 1.82) is 0 Å². The lowest BCUT2D eigenvalue weighted by molar-refractivity contribution is -0.132. The number of anilines is 1. The molecule has 152 valence electrons. The topological polar surface area (TPSA) is 55.9 Å². The average molecular weight is 409 g/mol. The molecule has 2 saturated heterocycles. The van der Waals surface area contributed by atoms with Gasteiger partial charge in [0.05, 0.1) is 11.7 Å². The molecule has 1 aliphatic carbocycles. The van der Waals surface area contributed by atoms with E-state index in [-0.39, 0.29) is 28.7 Å². The van der Waals surface area contributed by atoms with E-state index in [9.17, 15) is 14.0 Å². The van der Waals surface area contributed by atoms with Gasteiger partial charge in [-0.25, -0.2) is 9.18 Å². The lowest BCUT2D eigenvalue weighted by Gasteiger charge is -2.26. The minimum Gasteiger partial charge on any atom is -0.341 e. The van der Waals surface area contributed by atoms with Crippen LogP contribution in [-0.4, -0.2) is 71.9 Å². The van der Waals surface area contributed by atoms with Crippen molar-refractivity contribution in [2.24, 2.45) is 5.92 Å². The number of carbonyl (C=O) groups is 2. The number of nitrogens with one attached hydrogen (secondary N) is 1. The summed E-state index contributed by atoms with van der Waals surface area (Å²) in [5.41, 5.74) is 0.122. The summed E-state index contributed by atoms with van der Waals surface area (Å²) in [7, 11) is 0. The zero-order chi connectivity index (χ0) is 19.7. The largest absolute Gasteiger partial charge is 0.341 e. The first kappa shape index (κ1) is 19.5. The fourth-order valence-electron chi connectivity index (χ4n) is 4.09. The second-order valence-corrected chi connectivity index (χ2v) is 8.40. The molecule has 2 heterocycles. The maximum absolute atomic E-state index is 13.9. The van der Waals surface area contributed by atoms with Crippen molar-refractivity contribution in [1.82, 2.24) is 14.7 Å². The SMILES string of the molecule is O=C(Nc1ccc(Cl)cc1F)N1CCCN([C@H]2CCN(CC3CC3)C2=O)CC1. The van der Waals surface area contributed by atoms with Gasteiger partial charge in [-0.3, -0.25) is 9.69 Å². The Labute approximate surface area is 169 Å². The van der Waals surface area contributed by atoms with Crippen LogP contribution in [-0.2, 0) is 4.79 Å². The van der Waals surface area contributed by atoms with Gasteiger partial charge in [0.2, 0.25) is 5.91 Å². The average Bonchev–Trinajstić information content (AvgIpc) is 3.45. The molecule has 1 atom stereocenters. The van der Waals surface area contributed by atoms with Crippen LogP contribution >= 0.6 is 11.6 Å². The van der Waals surface area contributed by atoms with Crippen molar-refractivity contribution >= 4 is 29.2 Å². The van der Waals surface area contributed by atoms with Gasteiger partial charge in [-0.05, 0) is 49.8 Å². The zero-order valence-corrected chi connectivity index (χ0v) is 16.6. The highest BCUT2D eigenvalue weighted by Crippen LogP contribution is 2.31. The third-order valence-electron chi connectivity index (χ3n) is 5.88. The molecule has 2 aliphatic heterocycles. The normalized spacial score (nSPS) is 23.8. The summed E-state index contributed by atoms with van der Waals surface area (Å²) >= 11 is 5.76. The van der Waals surface area contributed by atoms with E-state index in [1.54, 1.807) is 11.0 Å². The summed E-state index contributed by atoms with van der Waals surface area (Å²) in [6.45, 7) is 4.32. The fourth-order valence-corrected chi connectivity index (χ4v) is 4.25. The van der Waals surface area contributed by atoms with Gasteiger partial charge in [0.1, 0.15) is 5.82 Å². The number of hydrogen-bond acceptors (Lipinski definition) is 3. The van der Waals surface area contributed by atoms with Crippen molar-refractivity contribution in [3.05, 3.63) is 29.0 Å². The van der Waals surface area contributed by atoms with Crippen molar-refractivity contribution in [2.45, 2.75) is 31.7 Å². The van der Waals surface area contributed by atoms with E-state index < -0.39 is 5.82 Å². The monoisotopic (exact) mass is 408 g/mol. The van der Waals surface area contributed by atoms with E-state index in [2.05, 4.69) is 10.2 Å². The molecule has 0 aromatic heterocycles. The molecule has 0 bridgehead atoms. The van der Waals surface area contributed by atoms with Crippen molar-refractivity contribution in [2.75, 3.05) is 44.6 Å². The molecule has 1 aromatic carbocycles. The molecule has 1 aromatic rings. The number of hydrogen-bond donors (Lipinski definition) is 1. The standard InChI is InChI=1S/C20H26ClFN4O2/c21-15-4-5-17(16(22)12-15)23-20(28)25-8-1-7-24(10-11-25)18-6-9-26(19(18)27)13-14-2-3-14/h4-5,12,14,18H,1-3,6-11,13H2,(H,23,28)/t18-/m0/s1. The summed E-state index contributed by atoms with van der Waals surface area (Å²) in [4.78, 5) is 31.2. The van der Waals surface area contributed by atoms with Gasteiger partial charge < -0.3 is 15.1 Å². The maximum Gasteiger partial charge on any atom is 0.321 e. The number of rotatable bonds is 4. The van der Waals surface area contributed by atoms with Crippen LogP contribution in [0.15, 0.2) is 18.2 Å². The molecule has 4 rings (SSSR count). The Morgan fingerprint density at radius 2 is 1.96 bits per heavy atom. The van der Waals surface area contributed by atoms with Crippen LogP contribution in [0.2, 0.25) is 5.02 Å². The first-order chi connectivity index (χ1) is 13.5. The molecule has 1 saturated carbocycles. The van der Waals surface area contributed by atoms with E-state index in [1.165, 1.54) is 25.0 Å². The Hall–Kier alpha value is -1.86. The summed E-state index contributed by atoms with van der Waals surface area (Å²) in [6.07, 6.45) is 4.16. The second-order valence-electron chi connectivity index (χ2n) is 7.96. The Morgan fingerprint density at radius 1 is 1.14 bits per heavy atom. The van der Waals surface area contributed by atoms with Crippen LogP contribution in [0.5, 0.6) is 0 Å². The van der Waals surface area contributed by atoms with E-state index in [0.717, 1.165) is 32.5 Å². The molecule has 3 aliphatic rings. The number of amides is 3. The summed E-state index contributed by atoms with van der Waals surface area (Å²) in [6, 6.07) is 3.81. The fraction of sp³-hybridized carbons (Fsp3) is 0.600. The molecular weight excluding hydrogens is 383 g/mol. The number of urea groups is 1. The molecule has 3 amide bonds. The first-order valence-electron chi connectivity index (χ1n) is 10.0. The zero-order valence-electron chi connectivity index (χ0n) is 15.9. The molecule has 0 unspecified atom stereocenters. The highest BCUT2D eigenvalue weighted by atomic mass is 35.5. The molecular formula is C20H26ClFN4O2. The molecule has 6 nitrogen and oxygen atoms in total. The number of carbonyl (C=O) groups excluding carboxylic acids is 2. The van der Waals surface area contributed by atoms with Gasteiger partial charge in [0.15, 0.2) is 0 Å². The molecule has 0 spiro atoms. The van der Waals surface area contributed by atoms with Crippen LogP contribution < -0.4 is 5.32 Å². The predicted molar refractivity (Wildman–Crippen MR) is 106 cm³/mol. The Bertz CT molecular complexity index is 758. The summed E-state index contributed by atoms with van der Waals surface area (Å²) in [5.74, 6) is 0.400. The van der Waals surface area contributed by atoms with Crippen LogP contribution in [0, 0.1) is 11.7 Å². The lowest BCUT2D eigenvalue weighted by Crippen LogP contribution is -2.44. The number of halogens is 2. The van der Waals surface area contributed by atoms with Gasteiger partial charge in [0, 0.05) is 44.3 Å². The lowest BCUT2D eigenvalue weighted by atomic mass is 10.2. The summed E-state index contributed by atoms with van der Waals surface area (Å²) in [5, 5.41) is 2.91. The van der Waals surface area contributed by atoms with E-state index in [0.29, 0.717) is 25.6 Å². The first-order valence-corrected chi connectivity index (χ1v) is 10.4. The van der Waals surface area contributed by atoms with E-state index in [1.807, 2.05) is 4.90 Å². The highest BCUT2D eigenvalue weighted by molar-refractivity contribution is 6.30. The third-order valence-corrected chi connectivity index (χ3v) is 6.11. The second kappa shape index (κ2) is 8.25. The van der Waals surface area contributed by atoms with Crippen molar-refractivity contribution in [3.63, 3.8) is 0 Å². The number of likely N-dealkylation sites (tertiary alicyclic amines) is 1. The quantitative estimate of drug-likeness (QED) is 0.833. The molecule has 3 fully saturated rings. The molecule has 0 radical (unpaired) electrons. The van der Waals surface area contributed by atoms with E-state index in [4.69, 9.17) is 11.6 Å². The molecule has 8 heteroatoms. The number of benzene rings is 1. The third kappa shape index (κ3) is 4.41. The predicted octanol–water partition coefficient (Wildman–Crippen LogP) is 3.03.